The van der Waals surface area contributed by atoms with Crippen molar-refractivity contribution in [1.82, 2.24) is 9.88 Å². The monoisotopic (exact) mass is 519 g/mol. The van der Waals surface area contributed by atoms with Crippen LogP contribution in [-0.4, -0.2) is 51.0 Å². The molecule has 0 aliphatic carbocycles. The molecule has 198 valence electrons. The van der Waals surface area contributed by atoms with Crippen molar-refractivity contribution >= 4 is 29.3 Å². The molecule has 10 heteroatoms. The molecule has 0 fully saturated rings. The second-order valence-corrected chi connectivity index (χ2v) is 8.67. The number of benzene rings is 2. The van der Waals surface area contributed by atoms with Crippen LogP contribution in [0.2, 0.25) is 0 Å². The predicted octanol–water partition coefficient (Wildman–Crippen LogP) is 1.53. The highest BCUT2D eigenvalue weighted by atomic mass is 16.4. The molecule has 0 unspecified atom stereocenters. The van der Waals surface area contributed by atoms with E-state index in [1.165, 1.54) is 10.6 Å². The Labute approximate surface area is 218 Å². The molecule has 10 nitrogen and oxygen atoms in total. The van der Waals surface area contributed by atoms with Gasteiger partial charge in [0.1, 0.15) is 24.9 Å². The van der Waals surface area contributed by atoms with E-state index in [1.807, 2.05) is 60.7 Å². The minimum absolute atomic E-state index is 0.0128. The van der Waals surface area contributed by atoms with E-state index in [4.69, 9.17) is 10.2 Å². The van der Waals surface area contributed by atoms with Crippen molar-refractivity contribution in [1.29, 1.82) is 0 Å². The summed E-state index contributed by atoms with van der Waals surface area (Å²) in [6.45, 7) is -1.47. The number of anilines is 1. The first-order chi connectivity index (χ1) is 18.3. The number of carboxylic acid groups (broad SMARTS) is 1. The number of pyridine rings is 1. The van der Waals surface area contributed by atoms with Crippen molar-refractivity contribution in [3.63, 3.8) is 0 Å². The van der Waals surface area contributed by atoms with E-state index in [1.54, 1.807) is 6.07 Å². The molecule has 0 spiro atoms. The molecule has 38 heavy (non-hydrogen) atoms. The molecule has 3 rings (SSSR count). The number of hydrogen-bond acceptors (Lipinski definition) is 6. The number of carbonyl (C=O) groups is 4. The van der Waals surface area contributed by atoms with Crippen LogP contribution in [0.15, 0.2) is 77.6 Å². The summed E-state index contributed by atoms with van der Waals surface area (Å²) in [7, 11) is 0. The van der Waals surface area contributed by atoms with Crippen LogP contribution in [0, 0.1) is 0 Å². The van der Waals surface area contributed by atoms with Crippen molar-refractivity contribution in [2.75, 3.05) is 11.9 Å². The van der Waals surface area contributed by atoms with E-state index >= 15 is 0 Å². The van der Waals surface area contributed by atoms with Gasteiger partial charge in [0.2, 0.25) is 11.8 Å². The highest BCUT2D eigenvalue weighted by Gasteiger charge is 2.24. The molecule has 1 atom stereocenters. The number of aliphatic hydroxyl groups excluding tert-OH is 1. The molecule has 0 saturated carbocycles. The number of aryl methyl sites for hydroxylation is 1. The molecular weight excluding hydrogens is 490 g/mol. The maximum atomic E-state index is 13.3. The third-order valence-electron chi connectivity index (χ3n) is 5.81. The van der Waals surface area contributed by atoms with Gasteiger partial charge in [-0.2, -0.15) is 0 Å². The minimum atomic E-state index is -1.45. The number of rotatable bonds is 13. The van der Waals surface area contributed by atoms with E-state index < -0.39 is 48.8 Å². The number of carbonyl (C=O) groups excluding carboxylic acids is 3. The third kappa shape index (κ3) is 8.24. The quantitative estimate of drug-likeness (QED) is 0.267. The van der Waals surface area contributed by atoms with E-state index in [9.17, 15) is 24.0 Å². The fraction of sp³-hybridized carbons (Fsp3) is 0.250. The van der Waals surface area contributed by atoms with Gasteiger partial charge in [-0.05, 0) is 29.7 Å². The van der Waals surface area contributed by atoms with Crippen molar-refractivity contribution in [3.8, 4) is 0 Å². The lowest BCUT2D eigenvalue weighted by atomic mass is 10.1. The van der Waals surface area contributed by atoms with Crippen molar-refractivity contribution in [2.45, 2.75) is 38.3 Å². The molecule has 3 aromatic rings. The highest BCUT2D eigenvalue weighted by Crippen LogP contribution is 2.12. The normalized spacial score (nSPS) is 11.4. The lowest BCUT2D eigenvalue weighted by Gasteiger charge is -2.18. The van der Waals surface area contributed by atoms with Gasteiger partial charge in [0.15, 0.2) is 5.78 Å². The predicted molar refractivity (Wildman–Crippen MR) is 140 cm³/mol. The molecule has 0 radical (unpaired) electrons. The molecular formula is C28H29N3O7. The van der Waals surface area contributed by atoms with Gasteiger partial charge < -0.3 is 25.4 Å². The van der Waals surface area contributed by atoms with Gasteiger partial charge in [0, 0.05) is 18.5 Å². The average Bonchev–Trinajstić information content (AvgIpc) is 2.91. The maximum Gasteiger partial charge on any atom is 0.305 e. The number of ketones is 1. The van der Waals surface area contributed by atoms with Crippen LogP contribution in [0.1, 0.15) is 29.7 Å². The Balaban J connectivity index is 1.83. The highest BCUT2D eigenvalue weighted by molar-refractivity contribution is 5.93. The summed E-state index contributed by atoms with van der Waals surface area (Å²) in [5, 5.41) is 23.1. The Morgan fingerprint density at radius 2 is 1.47 bits per heavy atom. The van der Waals surface area contributed by atoms with Crippen LogP contribution in [0.25, 0.3) is 0 Å². The maximum absolute atomic E-state index is 13.3. The van der Waals surface area contributed by atoms with Crippen molar-refractivity contribution in [3.05, 3.63) is 100.0 Å². The van der Waals surface area contributed by atoms with Gasteiger partial charge in [-0.25, -0.2) is 0 Å². The molecule has 1 heterocycles. The summed E-state index contributed by atoms with van der Waals surface area (Å²) in [4.78, 5) is 61.7. The lowest BCUT2D eigenvalue weighted by molar-refractivity contribution is -0.140. The Morgan fingerprint density at radius 3 is 2.08 bits per heavy atom. The van der Waals surface area contributed by atoms with Gasteiger partial charge in [0.05, 0.1) is 6.42 Å². The number of amides is 2. The SMILES string of the molecule is O=C(O)C[C@H](NC(=O)Cn1c(Cc2ccccc2)ccc(NC(=O)CCc2ccccc2)c1=O)C(=O)CO. The molecule has 4 N–H and O–H groups in total. The summed E-state index contributed by atoms with van der Waals surface area (Å²) in [6, 6.07) is 20.3. The topological polar surface area (TPSA) is 155 Å². The van der Waals surface area contributed by atoms with Crippen LogP contribution >= 0.6 is 0 Å². The van der Waals surface area contributed by atoms with Gasteiger partial charge >= 0.3 is 5.97 Å². The van der Waals surface area contributed by atoms with E-state index in [2.05, 4.69) is 10.6 Å². The van der Waals surface area contributed by atoms with Crippen molar-refractivity contribution < 1.29 is 29.4 Å². The van der Waals surface area contributed by atoms with Crippen LogP contribution in [0.4, 0.5) is 5.69 Å². The van der Waals surface area contributed by atoms with E-state index in [-0.39, 0.29) is 18.0 Å². The molecule has 2 amide bonds. The lowest BCUT2D eigenvalue weighted by Crippen LogP contribution is -2.46. The van der Waals surface area contributed by atoms with E-state index in [0.717, 1.165) is 11.1 Å². The van der Waals surface area contributed by atoms with Gasteiger partial charge in [-0.3, -0.25) is 24.0 Å². The third-order valence-corrected chi connectivity index (χ3v) is 5.81. The Kier molecular flexibility index (Phi) is 10.1. The smallest absolute Gasteiger partial charge is 0.305 e. The van der Waals surface area contributed by atoms with Gasteiger partial charge in [-0.1, -0.05) is 60.7 Å². The van der Waals surface area contributed by atoms with Crippen LogP contribution in [0.5, 0.6) is 0 Å². The standard InChI is InChI=1S/C28H29N3O7/c32-18-24(33)23(16-27(36)37)30-26(35)17-31-21(15-20-9-5-2-6-10-20)12-13-22(28(31)38)29-25(34)14-11-19-7-3-1-4-8-19/h1-10,12-13,23,32H,11,14-18H2,(H,29,34)(H,30,35)(H,36,37)/t23-/m0/s1. The number of carboxylic acids is 1. The summed E-state index contributed by atoms with van der Waals surface area (Å²) in [5.41, 5.74) is 1.69. The number of Topliss-reactive ketones (excluding diaryl/α,β-unsaturated/α-hetero) is 1. The Hall–Kier alpha value is -4.57. The zero-order valence-electron chi connectivity index (χ0n) is 20.6. The van der Waals surface area contributed by atoms with Crippen LogP contribution in [-0.2, 0) is 38.6 Å². The van der Waals surface area contributed by atoms with Crippen molar-refractivity contribution in [2.24, 2.45) is 0 Å². The number of aliphatic carboxylic acids is 1. The van der Waals surface area contributed by atoms with Crippen LogP contribution in [0.3, 0.4) is 0 Å². The fourth-order valence-electron chi connectivity index (χ4n) is 3.87. The number of nitrogens with one attached hydrogen (secondary N) is 2. The van der Waals surface area contributed by atoms with E-state index in [0.29, 0.717) is 18.5 Å². The second kappa shape index (κ2) is 13.7. The fourth-order valence-corrected chi connectivity index (χ4v) is 3.87. The molecule has 0 aliphatic heterocycles. The first-order valence-electron chi connectivity index (χ1n) is 12.0. The molecule has 0 saturated heterocycles. The summed E-state index contributed by atoms with van der Waals surface area (Å²) >= 11 is 0. The average molecular weight is 520 g/mol. The first kappa shape index (κ1) is 28.0. The zero-order chi connectivity index (χ0) is 27.5. The summed E-state index contributed by atoms with van der Waals surface area (Å²) in [5.74, 6) is -3.36. The molecule has 1 aromatic heterocycles. The molecule has 0 aliphatic rings. The number of nitrogens with zero attached hydrogens (tertiary/aromatic N) is 1. The largest absolute Gasteiger partial charge is 0.481 e. The van der Waals surface area contributed by atoms with Crippen LogP contribution < -0.4 is 16.2 Å². The Bertz CT molecular complexity index is 1340. The van der Waals surface area contributed by atoms with Gasteiger partial charge in [0.25, 0.3) is 5.56 Å². The number of aromatic nitrogens is 1. The van der Waals surface area contributed by atoms with Gasteiger partial charge in [-0.15, -0.1) is 0 Å². The molecule has 0 bridgehead atoms. The number of aliphatic hydroxyl groups is 1. The zero-order valence-corrected chi connectivity index (χ0v) is 20.6. The first-order valence-corrected chi connectivity index (χ1v) is 12.0. The minimum Gasteiger partial charge on any atom is -0.481 e. The number of hydrogen-bond donors (Lipinski definition) is 4. The summed E-state index contributed by atoms with van der Waals surface area (Å²) in [6.07, 6.45) is 0.225. The second-order valence-electron chi connectivity index (χ2n) is 8.67. The summed E-state index contributed by atoms with van der Waals surface area (Å²) < 4.78 is 1.18. The molecule has 2 aromatic carbocycles. The Morgan fingerprint density at radius 1 is 0.842 bits per heavy atom.